The number of amides is 2. The monoisotopic (exact) mass is 497 g/mol. The molecule has 192 valence electrons. The second-order valence-corrected chi connectivity index (χ2v) is 9.12. The Morgan fingerprint density at radius 3 is 2.44 bits per heavy atom. The van der Waals surface area contributed by atoms with E-state index in [1.807, 2.05) is 24.3 Å². The quantitative estimate of drug-likeness (QED) is 0.528. The number of hydrogen-bond acceptors (Lipinski definition) is 7. The van der Waals surface area contributed by atoms with Crippen molar-refractivity contribution in [2.75, 3.05) is 47.5 Å². The molecule has 0 bridgehead atoms. The fourth-order valence-electron chi connectivity index (χ4n) is 4.74. The molecule has 0 spiro atoms. The van der Waals surface area contributed by atoms with Crippen LogP contribution in [0.25, 0.3) is 0 Å². The van der Waals surface area contributed by atoms with Crippen LogP contribution >= 0.6 is 0 Å². The highest BCUT2D eigenvalue weighted by molar-refractivity contribution is 5.93. The minimum atomic E-state index is -0.605. The molecule has 4 rings (SSSR count). The van der Waals surface area contributed by atoms with Gasteiger partial charge in [-0.05, 0) is 17.7 Å². The molecule has 2 aliphatic heterocycles. The maximum absolute atomic E-state index is 13.0. The molecule has 10 nitrogen and oxygen atoms in total. The second kappa shape index (κ2) is 10.8. The zero-order chi connectivity index (χ0) is 25.8. The summed E-state index contributed by atoms with van der Waals surface area (Å²) in [7, 11) is 4.60. The number of nitrogens with zero attached hydrogens (tertiary/aromatic N) is 3. The Hall–Kier alpha value is -3.82. The van der Waals surface area contributed by atoms with Crippen LogP contribution in [0.1, 0.15) is 28.0 Å². The van der Waals surface area contributed by atoms with Gasteiger partial charge in [0.05, 0.1) is 27.2 Å². The fourth-order valence-corrected chi connectivity index (χ4v) is 4.74. The summed E-state index contributed by atoms with van der Waals surface area (Å²) in [6, 6.07) is 8.62. The largest absolute Gasteiger partial charge is 0.497 e. The molecule has 2 aromatic rings. The van der Waals surface area contributed by atoms with E-state index >= 15 is 0 Å². The molecule has 0 N–H and O–H groups in total. The van der Waals surface area contributed by atoms with E-state index in [0.717, 1.165) is 11.3 Å². The zero-order valence-corrected chi connectivity index (χ0v) is 20.8. The van der Waals surface area contributed by atoms with Crippen molar-refractivity contribution in [3.05, 3.63) is 57.5 Å². The predicted molar refractivity (Wildman–Crippen MR) is 130 cm³/mol. The molecule has 0 aliphatic carbocycles. The molecule has 1 saturated heterocycles. The number of benzene rings is 1. The summed E-state index contributed by atoms with van der Waals surface area (Å²) in [4.78, 5) is 53.9. The molecule has 1 atom stereocenters. The minimum Gasteiger partial charge on any atom is -0.497 e. The summed E-state index contributed by atoms with van der Waals surface area (Å²) in [5.74, 6) is 0.214. The van der Waals surface area contributed by atoms with Gasteiger partial charge >= 0.3 is 5.97 Å². The highest BCUT2D eigenvalue weighted by atomic mass is 16.5. The average molecular weight is 498 g/mol. The lowest BCUT2D eigenvalue weighted by Crippen LogP contribution is -2.35. The van der Waals surface area contributed by atoms with Gasteiger partial charge in [0.15, 0.2) is 0 Å². The fraction of sp³-hybridized carbons (Fsp3) is 0.462. The number of fused-ring (bicyclic) bond motifs is 1. The number of carbonyl (C=O) groups is 3. The van der Waals surface area contributed by atoms with Gasteiger partial charge in [0, 0.05) is 63.7 Å². The van der Waals surface area contributed by atoms with Crippen molar-refractivity contribution in [2.24, 2.45) is 5.92 Å². The minimum absolute atomic E-state index is 0.0272. The summed E-state index contributed by atoms with van der Waals surface area (Å²) in [5, 5.41) is 0. The Kier molecular flexibility index (Phi) is 7.61. The maximum atomic E-state index is 13.0. The van der Waals surface area contributed by atoms with E-state index < -0.39 is 5.97 Å². The Morgan fingerprint density at radius 1 is 1.06 bits per heavy atom. The van der Waals surface area contributed by atoms with E-state index in [1.165, 1.54) is 17.7 Å². The SMILES string of the molecule is COC(=O)c1c(OC[C@@H]2CC(=O)N(C)C2)cc(=O)n2c1CCN(C(=O)Cc1ccc(OC)cc1)CC2. The van der Waals surface area contributed by atoms with Crippen LogP contribution in [0.4, 0.5) is 0 Å². The van der Waals surface area contributed by atoms with E-state index in [0.29, 0.717) is 38.2 Å². The highest BCUT2D eigenvalue weighted by Crippen LogP contribution is 2.26. The van der Waals surface area contributed by atoms with E-state index in [1.54, 1.807) is 24.0 Å². The van der Waals surface area contributed by atoms with Crippen molar-refractivity contribution in [1.29, 1.82) is 0 Å². The first-order chi connectivity index (χ1) is 17.3. The number of likely N-dealkylation sites (tertiary alicyclic amines) is 1. The summed E-state index contributed by atoms with van der Waals surface area (Å²) in [5.41, 5.74) is 1.24. The van der Waals surface area contributed by atoms with Crippen LogP contribution in [-0.4, -0.2) is 79.7 Å². The first kappa shape index (κ1) is 25.3. The van der Waals surface area contributed by atoms with Crippen molar-refractivity contribution >= 4 is 17.8 Å². The van der Waals surface area contributed by atoms with Crippen LogP contribution in [0.3, 0.4) is 0 Å². The normalized spacial score (nSPS) is 17.4. The number of rotatable bonds is 7. The van der Waals surface area contributed by atoms with Crippen molar-refractivity contribution < 1.29 is 28.6 Å². The molecule has 1 aromatic carbocycles. The van der Waals surface area contributed by atoms with Crippen molar-refractivity contribution in [2.45, 2.75) is 25.8 Å². The summed E-state index contributed by atoms with van der Waals surface area (Å²) in [6.07, 6.45) is 0.886. The molecule has 0 saturated carbocycles. The first-order valence-corrected chi connectivity index (χ1v) is 11.9. The van der Waals surface area contributed by atoms with E-state index in [-0.39, 0.29) is 54.2 Å². The molecule has 0 radical (unpaired) electrons. The molecule has 1 fully saturated rings. The molecular formula is C26H31N3O7. The van der Waals surface area contributed by atoms with Gasteiger partial charge in [-0.15, -0.1) is 0 Å². The third kappa shape index (κ3) is 5.37. The van der Waals surface area contributed by atoms with E-state index in [2.05, 4.69) is 0 Å². The van der Waals surface area contributed by atoms with E-state index in [9.17, 15) is 19.2 Å². The van der Waals surface area contributed by atoms with Gasteiger partial charge in [-0.2, -0.15) is 0 Å². The van der Waals surface area contributed by atoms with Crippen molar-refractivity contribution in [3.63, 3.8) is 0 Å². The molecule has 2 amide bonds. The Bertz CT molecular complexity index is 1210. The van der Waals surface area contributed by atoms with Gasteiger partial charge in [-0.3, -0.25) is 14.4 Å². The molecule has 10 heteroatoms. The zero-order valence-electron chi connectivity index (χ0n) is 20.8. The second-order valence-electron chi connectivity index (χ2n) is 9.12. The number of pyridine rings is 1. The summed E-state index contributed by atoms with van der Waals surface area (Å²) < 4.78 is 17.6. The average Bonchev–Trinajstić information content (AvgIpc) is 3.05. The third-order valence-corrected chi connectivity index (χ3v) is 6.75. The van der Waals surface area contributed by atoms with Crippen LogP contribution in [0.15, 0.2) is 35.1 Å². The summed E-state index contributed by atoms with van der Waals surface area (Å²) in [6.45, 7) is 1.72. The molecular weight excluding hydrogens is 466 g/mol. The lowest BCUT2D eigenvalue weighted by molar-refractivity contribution is -0.130. The van der Waals surface area contributed by atoms with Crippen molar-refractivity contribution in [3.8, 4) is 11.5 Å². The van der Waals surface area contributed by atoms with Gasteiger partial charge in [-0.1, -0.05) is 12.1 Å². The topological polar surface area (TPSA) is 107 Å². The Balaban J connectivity index is 1.52. The lowest BCUT2D eigenvalue weighted by atomic mass is 10.1. The van der Waals surface area contributed by atoms with Crippen LogP contribution < -0.4 is 15.0 Å². The number of ether oxygens (including phenoxy) is 3. The smallest absolute Gasteiger partial charge is 0.343 e. The summed E-state index contributed by atoms with van der Waals surface area (Å²) >= 11 is 0. The van der Waals surface area contributed by atoms with Crippen LogP contribution in [0.2, 0.25) is 0 Å². The van der Waals surface area contributed by atoms with Crippen molar-refractivity contribution in [1.82, 2.24) is 14.4 Å². The van der Waals surface area contributed by atoms with Gasteiger partial charge in [0.25, 0.3) is 5.56 Å². The van der Waals surface area contributed by atoms with Gasteiger partial charge < -0.3 is 28.6 Å². The lowest BCUT2D eigenvalue weighted by Gasteiger charge is -2.20. The van der Waals surface area contributed by atoms with E-state index in [4.69, 9.17) is 14.2 Å². The maximum Gasteiger partial charge on any atom is 0.343 e. The molecule has 36 heavy (non-hydrogen) atoms. The standard InChI is InChI=1S/C26H31N3O7/c1-27-15-18(13-22(27)30)16-36-21-14-24(32)29-11-10-28(9-8-20(29)25(21)26(33)35-3)23(31)12-17-4-6-19(34-2)7-5-17/h4-7,14,18H,8-13,15-16H2,1-3H3/t18-/m1/s1. The van der Waals surface area contributed by atoms with Crippen LogP contribution in [0.5, 0.6) is 11.5 Å². The molecule has 2 aliphatic rings. The molecule has 1 aromatic heterocycles. The van der Waals surface area contributed by atoms with Gasteiger partial charge in [-0.25, -0.2) is 4.79 Å². The molecule has 3 heterocycles. The van der Waals surface area contributed by atoms with Crippen LogP contribution in [-0.2, 0) is 33.7 Å². The number of hydrogen-bond donors (Lipinski definition) is 0. The number of esters is 1. The number of carbonyl (C=O) groups excluding carboxylic acids is 3. The molecule has 0 unspecified atom stereocenters. The van der Waals surface area contributed by atoms with Crippen LogP contribution in [0, 0.1) is 5.92 Å². The Morgan fingerprint density at radius 2 is 1.81 bits per heavy atom. The highest BCUT2D eigenvalue weighted by Gasteiger charge is 2.30. The van der Waals surface area contributed by atoms with Gasteiger partial charge in [0.2, 0.25) is 11.8 Å². The Labute approximate surface area is 209 Å². The third-order valence-electron chi connectivity index (χ3n) is 6.75. The van der Waals surface area contributed by atoms with Gasteiger partial charge in [0.1, 0.15) is 17.1 Å². The predicted octanol–water partition coefficient (Wildman–Crippen LogP) is 1.13. The number of aromatic nitrogens is 1. The first-order valence-electron chi connectivity index (χ1n) is 11.9. The number of methoxy groups -OCH3 is 2.